The van der Waals surface area contributed by atoms with E-state index in [9.17, 15) is 14.4 Å². The van der Waals surface area contributed by atoms with Crippen LogP contribution in [0.3, 0.4) is 0 Å². The molecule has 0 aliphatic heterocycles. The molecule has 0 unspecified atom stereocenters. The molecule has 10 heteroatoms. The molecule has 176 valence electrons. The van der Waals surface area contributed by atoms with E-state index in [2.05, 4.69) is 21.2 Å². The van der Waals surface area contributed by atoms with E-state index < -0.39 is 11.8 Å². The van der Waals surface area contributed by atoms with Crippen molar-refractivity contribution in [3.05, 3.63) is 78.3 Å². The number of nitrogens with zero attached hydrogens (tertiary/aromatic N) is 1. The van der Waals surface area contributed by atoms with Gasteiger partial charge in [-0.05, 0) is 61.0 Å². The molecule has 3 rings (SSSR count). The van der Waals surface area contributed by atoms with Crippen LogP contribution in [0.1, 0.15) is 18.2 Å². The van der Waals surface area contributed by atoms with Gasteiger partial charge in [0.1, 0.15) is 17.3 Å². The summed E-state index contributed by atoms with van der Waals surface area (Å²) in [7, 11) is 0. The number of anilines is 1. The van der Waals surface area contributed by atoms with Crippen molar-refractivity contribution in [1.29, 1.82) is 0 Å². The Balaban J connectivity index is 1.42. The lowest BCUT2D eigenvalue weighted by Crippen LogP contribution is -2.37. The fourth-order valence-corrected chi connectivity index (χ4v) is 2.71. The number of carbonyl (C=O) groups is 3. The molecule has 0 radical (unpaired) electrons. The van der Waals surface area contributed by atoms with E-state index in [1.54, 1.807) is 60.7 Å². The van der Waals surface area contributed by atoms with Gasteiger partial charge in [0.15, 0.2) is 6.61 Å². The zero-order valence-electron chi connectivity index (χ0n) is 18.4. The fraction of sp³-hybridized carbons (Fsp3) is 0.167. The molecule has 10 nitrogen and oxygen atoms in total. The summed E-state index contributed by atoms with van der Waals surface area (Å²) in [6.07, 6.45) is 2.82. The van der Waals surface area contributed by atoms with Gasteiger partial charge in [0.25, 0.3) is 5.91 Å². The van der Waals surface area contributed by atoms with Crippen LogP contribution < -0.4 is 25.5 Å². The van der Waals surface area contributed by atoms with Gasteiger partial charge >= 0.3 is 11.8 Å². The molecule has 0 atom stereocenters. The van der Waals surface area contributed by atoms with Crippen molar-refractivity contribution in [3.63, 3.8) is 0 Å². The van der Waals surface area contributed by atoms with Gasteiger partial charge in [-0.15, -0.1) is 0 Å². The highest BCUT2D eigenvalue weighted by Crippen LogP contribution is 2.16. The Kier molecular flexibility index (Phi) is 8.80. The summed E-state index contributed by atoms with van der Waals surface area (Å²) >= 11 is 0. The fourth-order valence-electron chi connectivity index (χ4n) is 2.71. The SMILES string of the molecule is CCOc1ccc(NC(=O)COc2cccc(/C=N\NC(=O)C(=O)NCc3ccco3)c2)cc1. The molecule has 0 bridgehead atoms. The minimum Gasteiger partial charge on any atom is -0.494 e. The number of amides is 3. The van der Waals surface area contributed by atoms with E-state index in [1.807, 2.05) is 6.92 Å². The maximum atomic E-state index is 12.1. The number of hydrazone groups is 1. The molecule has 3 amide bonds. The summed E-state index contributed by atoms with van der Waals surface area (Å²) in [6, 6.07) is 17.1. The molecule has 1 heterocycles. The molecule has 0 saturated carbocycles. The average molecular weight is 464 g/mol. The van der Waals surface area contributed by atoms with Crippen LogP contribution in [0.5, 0.6) is 11.5 Å². The lowest BCUT2D eigenvalue weighted by Gasteiger charge is -2.09. The highest BCUT2D eigenvalue weighted by Gasteiger charge is 2.12. The van der Waals surface area contributed by atoms with Crippen molar-refractivity contribution < 1.29 is 28.3 Å². The second kappa shape index (κ2) is 12.4. The topological polar surface area (TPSA) is 131 Å². The van der Waals surface area contributed by atoms with Gasteiger partial charge in [-0.25, -0.2) is 5.43 Å². The zero-order valence-corrected chi connectivity index (χ0v) is 18.4. The van der Waals surface area contributed by atoms with Gasteiger partial charge in [0.05, 0.1) is 25.6 Å². The standard InChI is InChI=1S/C24H24N4O6/c1-2-32-19-10-8-18(9-11-19)27-22(29)16-34-20-6-3-5-17(13-20)14-26-28-24(31)23(30)25-15-21-7-4-12-33-21/h3-14H,2,15-16H2,1H3,(H,25,30)(H,27,29)(H,28,31)/b26-14-. The van der Waals surface area contributed by atoms with Crippen molar-refractivity contribution in [2.75, 3.05) is 18.5 Å². The molecule has 0 aliphatic rings. The smallest absolute Gasteiger partial charge is 0.329 e. The maximum Gasteiger partial charge on any atom is 0.329 e. The van der Waals surface area contributed by atoms with Gasteiger partial charge in [-0.2, -0.15) is 5.10 Å². The monoisotopic (exact) mass is 464 g/mol. The molecule has 1 aromatic heterocycles. The van der Waals surface area contributed by atoms with Crippen molar-refractivity contribution in [3.8, 4) is 11.5 Å². The quantitative estimate of drug-likeness (QED) is 0.240. The highest BCUT2D eigenvalue weighted by atomic mass is 16.5. The average Bonchev–Trinajstić information content (AvgIpc) is 3.37. The van der Waals surface area contributed by atoms with Crippen molar-refractivity contribution in [1.82, 2.24) is 10.7 Å². The molecular weight excluding hydrogens is 440 g/mol. The normalized spacial score (nSPS) is 10.5. The third kappa shape index (κ3) is 7.83. The highest BCUT2D eigenvalue weighted by molar-refractivity contribution is 6.35. The number of ether oxygens (including phenoxy) is 2. The third-order valence-electron chi connectivity index (χ3n) is 4.27. The van der Waals surface area contributed by atoms with Gasteiger partial charge in [0.2, 0.25) is 0 Å². The van der Waals surface area contributed by atoms with Crippen LogP contribution in [-0.4, -0.2) is 37.1 Å². The number of hydrogen-bond donors (Lipinski definition) is 3. The van der Waals surface area contributed by atoms with Gasteiger partial charge in [-0.1, -0.05) is 12.1 Å². The summed E-state index contributed by atoms with van der Waals surface area (Å²) in [5.74, 6) is -0.398. The van der Waals surface area contributed by atoms with Crippen LogP contribution in [-0.2, 0) is 20.9 Å². The number of carbonyl (C=O) groups excluding carboxylic acids is 3. The maximum absolute atomic E-state index is 12.1. The minimum atomic E-state index is -0.916. The van der Waals surface area contributed by atoms with Gasteiger partial charge in [-0.3, -0.25) is 14.4 Å². The largest absolute Gasteiger partial charge is 0.494 e. The Hall–Kier alpha value is -4.60. The molecule has 3 aromatic rings. The Labute approximate surface area is 195 Å². The van der Waals surface area contributed by atoms with Crippen molar-refractivity contribution >= 4 is 29.6 Å². The van der Waals surface area contributed by atoms with Crippen LogP contribution >= 0.6 is 0 Å². The van der Waals surface area contributed by atoms with Crippen LogP contribution in [0.15, 0.2) is 76.4 Å². The van der Waals surface area contributed by atoms with E-state index in [1.165, 1.54) is 12.5 Å². The van der Waals surface area contributed by atoms with Crippen molar-refractivity contribution in [2.45, 2.75) is 13.5 Å². The van der Waals surface area contributed by atoms with Gasteiger partial charge < -0.3 is 24.5 Å². The molecule has 3 N–H and O–H groups in total. The zero-order chi connectivity index (χ0) is 24.2. The van der Waals surface area contributed by atoms with Crippen molar-refractivity contribution in [2.24, 2.45) is 5.10 Å². The predicted molar refractivity (Wildman–Crippen MR) is 124 cm³/mol. The molecule has 34 heavy (non-hydrogen) atoms. The summed E-state index contributed by atoms with van der Waals surface area (Å²) < 4.78 is 16.0. The van der Waals surface area contributed by atoms with Crippen LogP contribution in [0.4, 0.5) is 5.69 Å². The van der Waals surface area contributed by atoms with Crippen LogP contribution in [0.25, 0.3) is 0 Å². The Bertz CT molecular complexity index is 1130. The molecule has 0 spiro atoms. The first-order valence-electron chi connectivity index (χ1n) is 10.4. The van der Waals surface area contributed by atoms with E-state index in [0.717, 1.165) is 5.75 Å². The Morgan fingerprint density at radius 3 is 2.53 bits per heavy atom. The molecule has 0 aliphatic carbocycles. The predicted octanol–water partition coefficient (Wildman–Crippen LogP) is 2.46. The van der Waals surface area contributed by atoms with E-state index in [0.29, 0.717) is 29.4 Å². The van der Waals surface area contributed by atoms with E-state index in [4.69, 9.17) is 13.9 Å². The lowest BCUT2D eigenvalue weighted by atomic mass is 10.2. The molecule has 0 fully saturated rings. The summed E-state index contributed by atoms with van der Waals surface area (Å²) in [6.45, 7) is 2.36. The number of hydrogen-bond acceptors (Lipinski definition) is 7. The van der Waals surface area contributed by atoms with Crippen LogP contribution in [0.2, 0.25) is 0 Å². The number of benzene rings is 2. The van der Waals surface area contributed by atoms with E-state index >= 15 is 0 Å². The summed E-state index contributed by atoms with van der Waals surface area (Å²) in [5.41, 5.74) is 3.37. The number of rotatable bonds is 10. The molecule has 2 aromatic carbocycles. The van der Waals surface area contributed by atoms with E-state index in [-0.39, 0.29) is 19.1 Å². The Morgan fingerprint density at radius 2 is 1.79 bits per heavy atom. The molecule has 0 saturated heterocycles. The van der Waals surface area contributed by atoms with Gasteiger partial charge in [0, 0.05) is 5.69 Å². The minimum absolute atomic E-state index is 0.0918. The first-order chi connectivity index (χ1) is 16.5. The first kappa shape index (κ1) is 24.1. The molecular formula is C24H24N4O6. The van der Waals surface area contributed by atoms with Crippen LogP contribution in [0, 0.1) is 0 Å². The lowest BCUT2D eigenvalue weighted by molar-refractivity contribution is -0.139. The number of nitrogens with one attached hydrogen (secondary N) is 3. The Morgan fingerprint density at radius 1 is 0.971 bits per heavy atom. The third-order valence-corrected chi connectivity index (χ3v) is 4.27. The number of furan rings is 1. The second-order valence-corrected chi connectivity index (χ2v) is 6.83. The first-order valence-corrected chi connectivity index (χ1v) is 10.4. The summed E-state index contributed by atoms with van der Waals surface area (Å²) in [5, 5.41) is 8.91. The summed E-state index contributed by atoms with van der Waals surface area (Å²) in [4.78, 5) is 35.7. The second-order valence-electron chi connectivity index (χ2n) is 6.83.